The largest absolute Gasteiger partial charge is 0.479 e. The Labute approximate surface area is 192 Å². The predicted octanol–water partition coefficient (Wildman–Crippen LogP) is 4.84. The summed E-state index contributed by atoms with van der Waals surface area (Å²) in [6.07, 6.45) is 0.464. The van der Waals surface area contributed by atoms with Gasteiger partial charge in [-0.3, -0.25) is 4.79 Å². The van der Waals surface area contributed by atoms with Crippen LogP contribution in [0.1, 0.15) is 39.1 Å². The van der Waals surface area contributed by atoms with E-state index < -0.39 is 17.5 Å². The van der Waals surface area contributed by atoms with Crippen LogP contribution in [0.2, 0.25) is 5.02 Å². The number of aromatic nitrogens is 2. The number of aliphatic carboxylic acids is 1. The maximum atomic E-state index is 13.2. The lowest BCUT2D eigenvalue weighted by Gasteiger charge is -2.20. The second kappa shape index (κ2) is 8.80. The summed E-state index contributed by atoms with van der Waals surface area (Å²) in [5.41, 5.74) is 0.497. The van der Waals surface area contributed by atoms with Crippen molar-refractivity contribution >= 4 is 50.6 Å². The Morgan fingerprint density at radius 2 is 2.00 bits per heavy atom. The highest BCUT2D eigenvalue weighted by molar-refractivity contribution is 9.10. The molecule has 0 fully saturated rings. The van der Waals surface area contributed by atoms with Gasteiger partial charge in [-0.25, -0.2) is 9.78 Å². The van der Waals surface area contributed by atoms with Crippen LogP contribution >= 0.6 is 27.5 Å². The van der Waals surface area contributed by atoms with Crippen LogP contribution in [0.5, 0.6) is 5.75 Å². The van der Waals surface area contributed by atoms with Crippen LogP contribution in [0.3, 0.4) is 0 Å². The van der Waals surface area contributed by atoms with Crippen molar-refractivity contribution in [2.75, 3.05) is 0 Å². The van der Waals surface area contributed by atoms with Crippen molar-refractivity contribution in [3.63, 3.8) is 0 Å². The van der Waals surface area contributed by atoms with Gasteiger partial charge in [-0.1, -0.05) is 48.3 Å². The fraction of sp³-hybridized carbons (Fsp3) is 0.273. The van der Waals surface area contributed by atoms with E-state index in [4.69, 9.17) is 21.4 Å². The Bertz CT molecular complexity index is 1250. The van der Waals surface area contributed by atoms with Crippen LogP contribution in [-0.4, -0.2) is 33.1 Å². The zero-order valence-electron chi connectivity index (χ0n) is 17.4. The van der Waals surface area contributed by atoms with Crippen LogP contribution in [0.4, 0.5) is 0 Å². The second-order valence-electron chi connectivity index (χ2n) is 8.00. The smallest absolute Gasteiger partial charge is 0.344 e. The molecule has 0 aliphatic heterocycles. The number of hydrogen-bond donors (Lipinski definition) is 1. The first-order valence-electron chi connectivity index (χ1n) is 9.43. The van der Waals surface area contributed by atoms with Gasteiger partial charge in [0.15, 0.2) is 6.10 Å². The zero-order chi connectivity index (χ0) is 22.9. The number of fused-ring (bicyclic) bond motifs is 1. The molecule has 31 heavy (non-hydrogen) atoms. The average molecular weight is 507 g/mol. The van der Waals surface area contributed by atoms with E-state index in [1.807, 2.05) is 26.8 Å². The highest BCUT2D eigenvalue weighted by atomic mass is 79.9. The molecule has 7 nitrogen and oxygen atoms in total. The molecule has 1 heterocycles. The number of carboxylic acids is 1. The highest BCUT2D eigenvalue weighted by Crippen LogP contribution is 2.26. The van der Waals surface area contributed by atoms with Gasteiger partial charge >= 0.3 is 5.97 Å². The minimum absolute atomic E-state index is 0.237. The van der Waals surface area contributed by atoms with Gasteiger partial charge in [-0.2, -0.15) is 9.78 Å². The minimum atomic E-state index is -1.09. The van der Waals surface area contributed by atoms with Gasteiger partial charge in [-0.15, -0.1) is 0 Å². The lowest BCUT2D eigenvalue weighted by atomic mass is 9.95. The van der Waals surface area contributed by atoms with Crippen molar-refractivity contribution in [1.82, 2.24) is 9.66 Å². The number of halogens is 2. The predicted molar refractivity (Wildman–Crippen MR) is 125 cm³/mol. The zero-order valence-corrected chi connectivity index (χ0v) is 19.7. The first kappa shape index (κ1) is 23.0. The molecule has 0 amide bonds. The summed E-state index contributed by atoms with van der Waals surface area (Å²) in [5.74, 6) is -0.324. The number of benzene rings is 2. The first-order chi connectivity index (χ1) is 14.5. The Morgan fingerprint density at radius 1 is 1.29 bits per heavy atom. The minimum Gasteiger partial charge on any atom is -0.479 e. The maximum absolute atomic E-state index is 13.2. The van der Waals surface area contributed by atoms with Gasteiger partial charge < -0.3 is 9.84 Å². The van der Waals surface area contributed by atoms with Gasteiger partial charge in [0, 0.05) is 9.89 Å². The van der Waals surface area contributed by atoms with Crippen molar-refractivity contribution < 1.29 is 14.6 Å². The molecule has 9 heteroatoms. The lowest BCUT2D eigenvalue weighted by Crippen LogP contribution is -2.29. The molecule has 3 aromatic rings. The summed E-state index contributed by atoms with van der Waals surface area (Å²) in [5, 5.41) is 14.1. The monoisotopic (exact) mass is 505 g/mol. The molecule has 162 valence electrons. The molecule has 2 aromatic carbocycles. The van der Waals surface area contributed by atoms with E-state index >= 15 is 0 Å². The van der Waals surface area contributed by atoms with Crippen molar-refractivity contribution in [1.29, 1.82) is 0 Å². The topological polar surface area (TPSA) is 93.8 Å². The third-order valence-corrected chi connectivity index (χ3v) is 5.20. The normalized spacial score (nSPS) is 13.0. The first-order valence-corrected chi connectivity index (χ1v) is 10.6. The molecule has 0 aliphatic carbocycles. The Morgan fingerprint density at radius 3 is 2.61 bits per heavy atom. The Hall–Kier alpha value is -2.71. The van der Waals surface area contributed by atoms with Gasteiger partial charge in [0.25, 0.3) is 5.56 Å². The molecule has 1 atom stereocenters. The van der Waals surface area contributed by atoms with Gasteiger partial charge in [0.2, 0.25) is 0 Å². The molecule has 0 spiro atoms. The van der Waals surface area contributed by atoms with E-state index in [2.05, 4.69) is 26.0 Å². The van der Waals surface area contributed by atoms with E-state index in [0.717, 1.165) is 4.47 Å². The van der Waals surface area contributed by atoms with Crippen molar-refractivity contribution in [2.24, 2.45) is 5.10 Å². The van der Waals surface area contributed by atoms with Crippen molar-refractivity contribution in [2.45, 2.75) is 39.2 Å². The van der Waals surface area contributed by atoms with Crippen molar-refractivity contribution in [3.05, 3.63) is 67.6 Å². The number of rotatable bonds is 5. The van der Waals surface area contributed by atoms with Gasteiger partial charge in [-0.05, 0) is 48.9 Å². The van der Waals surface area contributed by atoms with Gasteiger partial charge in [0.1, 0.15) is 11.6 Å². The molecular formula is C22H21BrClN3O4. The average Bonchev–Trinajstić information content (AvgIpc) is 2.68. The fourth-order valence-corrected chi connectivity index (χ4v) is 3.39. The Kier molecular flexibility index (Phi) is 6.52. The fourth-order valence-electron chi connectivity index (χ4n) is 2.80. The molecule has 3 rings (SSSR count). The molecule has 0 bridgehead atoms. The van der Waals surface area contributed by atoms with E-state index in [-0.39, 0.29) is 16.3 Å². The second-order valence-corrected chi connectivity index (χ2v) is 9.32. The van der Waals surface area contributed by atoms with Crippen LogP contribution in [-0.2, 0) is 10.2 Å². The molecule has 1 aromatic heterocycles. The third-order valence-electron chi connectivity index (χ3n) is 4.41. The number of nitrogens with zero attached hydrogens (tertiary/aromatic N) is 3. The Balaban J connectivity index is 2.04. The summed E-state index contributed by atoms with van der Waals surface area (Å²) in [6.45, 7) is 7.29. The quantitative estimate of drug-likeness (QED) is 0.500. The molecule has 0 unspecified atom stereocenters. The summed E-state index contributed by atoms with van der Waals surface area (Å²) >= 11 is 9.61. The third kappa shape index (κ3) is 5.14. The van der Waals surface area contributed by atoms with Crippen LogP contribution < -0.4 is 10.3 Å². The number of carboxylic acid groups (broad SMARTS) is 1. The van der Waals surface area contributed by atoms with Gasteiger partial charge in [0.05, 0.1) is 22.1 Å². The maximum Gasteiger partial charge on any atom is 0.344 e. The van der Waals surface area contributed by atoms with E-state index in [0.29, 0.717) is 22.3 Å². The van der Waals surface area contributed by atoms with Crippen LogP contribution in [0.25, 0.3) is 10.9 Å². The van der Waals surface area contributed by atoms with Crippen LogP contribution in [0.15, 0.2) is 50.8 Å². The molecule has 0 aliphatic rings. The van der Waals surface area contributed by atoms with E-state index in [1.54, 1.807) is 30.3 Å². The molecule has 0 saturated heterocycles. The number of hydrogen-bond acceptors (Lipinski definition) is 5. The van der Waals surface area contributed by atoms with E-state index in [1.165, 1.54) is 17.8 Å². The van der Waals surface area contributed by atoms with E-state index in [9.17, 15) is 9.59 Å². The van der Waals surface area contributed by atoms with Crippen molar-refractivity contribution in [3.8, 4) is 5.75 Å². The highest BCUT2D eigenvalue weighted by Gasteiger charge is 2.23. The summed E-state index contributed by atoms with van der Waals surface area (Å²) in [4.78, 5) is 28.8. The summed E-state index contributed by atoms with van der Waals surface area (Å²) < 4.78 is 7.39. The standard InChI is InChI=1S/C22H21BrClN3O4/c1-12(20(29)30)31-18-8-5-13(9-16(18)24)11-25-27-19(28)15-10-14(23)6-7-17(15)26-21(27)22(2,3)4/h5-12H,1-4H3,(H,29,30)/t12-/m1/s1. The number of carbonyl (C=O) groups is 1. The SMILES string of the molecule is C[C@@H](Oc1ccc(C=Nn2c(C(C)(C)C)nc3ccc(Br)cc3c2=O)cc1Cl)C(=O)O. The van der Waals surface area contributed by atoms with Crippen LogP contribution in [0, 0.1) is 0 Å². The molecular weight excluding hydrogens is 486 g/mol. The molecule has 0 radical (unpaired) electrons. The molecule has 1 N–H and O–H groups in total. The molecule has 0 saturated carbocycles. The lowest BCUT2D eigenvalue weighted by molar-refractivity contribution is -0.144. The number of ether oxygens (including phenoxy) is 1. The summed E-state index contributed by atoms with van der Waals surface area (Å²) in [6, 6.07) is 10.2. The summed E-state index contributed by atoms with van der Waals surface area (Å²) in [7, 11) is 0.